The number of nitro groups is 1. The Balaban J connectivity index is 2.15. The highest BCUT2D eigenvalue weighted by atomic mass is 16.6. The highest BCUT2D eigenvalue weighted by Crippen LogP contribution is 2.18. The van der Waals surface area contributed by atoms with Crippen LogP contribution in [0.4, 0.5) is 5.69 Å². The summed E-state index contributed by atoms with van der Waals surface area (Å²) in [6, 6.07) is 6.42. The lowest BCUT2D eigenvalue weighted by molar-refractivity contribution is -0.384. The van der Waals surface area contributed by atoms with Crippen LogP contribution in [-0.4, -0.2) is 23.0 Å². The summed E-state index contributed by atoms with van der Waals surface area (Å²) in [4.78, 5) is 14.6. The van der Waals surface area contributed by atoms with Gasteiger partial charge in [0.1, 0.15) is 6.61 Å². The van der Waals surface area contributed by atoms with E-state index in [0.29, 0.717) is 12.5 Å². The fourth-order valence-corrected chi connectivity index (χ4v) is 1.61. The number of hydrogen-bond acceptors (Lipinski definition) is 4. The van der Waals surface area contributed by atoms with Crippen molar-refractivity contribution in [2.75, 3.05) is 6.61 Å². The first-order valence-electron chi connectivity index (χ1n) is 5.61. The summed E-state index contributed by atoms with van der Waals surface area (Å²) < 4.78 is 5.40. The Labute approximate surface area is 105 Å². The summed E-state index contributed by atoms with van der Waals surface area (Å²) in [5.74, 6) is 0.562. The molecular weight excluding hydrogens is 232 g/mol. The first-order valence-corrected chi connectivity index (χ1v) is 5.61. The Morgan fingerprint density at radius 2 is 2.22 bits per heavy atom. The standard InChI is InChI=1S/C13H14N2O3/c1-13(2)9-18-12(14-13)7-6-10-4-3-5-11(8-10)15(16)17/h3-8H,9H2,1-2H3/b7-6+. The largest absolute Gasteiger partial charge is 0.475 e. The van der Waals surface area contributed by atoms with Gasteiger partial charge < -0.3 is 4.74 Å². The smallest absolute Gasteiger partial charge is 0.270 e. The van der Waals surface area contributed by atoms with Gasteiger partial charge in [0.25, 0.3) is 5.69 Å². The quantitative estimate of drug-likeness (QED) is 0.608. The van der Waals surface area contributed by atoms with E-state index < -0.39 is 4.92 Å². The molecule has 0 amide bonds. The molecule has 0 fully saturated rings. The predicted molar refractivity (Wildman–Crippen MR) is 69.6 cm³/mol. The zero-order valence-electron chi connectivity index (χ0n) is 10.3. The lowest BCUT2D eigenvalue weighted by Gasteiger charge is -2.07. The summed E-state index contributed by atoms with van der Waals surface area (Å²) in [6.07, 6.45) is 3.49. The van der Waals surface area contributed by atoms with Crippen LogP contribution < -0.4 is 0 Å². The number of benzene rings is 1. The molecule has 5 nitrogen and oxygen atoms in total. The van der Waals surface area contributed by atoms with Crippen molar-refractivity contribution in [3.63, 3.8) is 0 Å². The third kappa shape index (κ3) is 2.94. The van der Waals surface area contributed by atoms with Crippen molar-refractivity contribution in [1.82, 2.24) is 0 Å². The van der Waals surface area contributed by atoms with Crippen LogP contribution in [0.3, 0.4) is 0 Å². The minimum absolute atomic E-state index is 0.0757. The Hall–Kier alpha value is -2.17. The van der Waals surface area contributed by atoms with Gasteiger partial charge in [0, 0.05) is 18.2 Å². The number of ether oxygens (including phenoxy) is 1. The van der Waals surface area contributed by atoms with Gasteiger partial charge in [0.15, 0.2) is 0 Å². The summed E-state index contributed by atoms with van der Waals surface area (Å²) in [6.45, 7) is 4.53. The molecule has 0 saturated heterocycles. The fourth-order valence-electron chi connectivity index (χ4n) is 1.61. The highest BCUT2D eigenvalue weighted by molar-refractivity contribution is 5.93. The fraction of sp³-hybridized carbons (Fsp3) is 0.308. The van der Waals surface area contributed by atoms with Gasteiger partial charge in [-0.25, -0.2) is 4.99 Å². The van der Waals surface area contributed by atoms with Gasteiger partial charge in [-0.05, 0) is 25.5 Å². The van der Waals surface area contributed by atoms with Gasteiger partial charge in [-0.15, -0.1) is 0 Å². The normalized spacial score (nSPS) is 17.6. The van der Waals surface area contributed by atoms with Gasteiger partial charge in [0.2, 0.25) is 5.90 Å². The molecule has 0 bridgehead atoms. The molecule has 0 aliphatic carbocycles. The molecule has 0 unspecified atom stereocenters. The zero-order valence-corrected chi connectivity index (χ0v) is 10.3. The van der Waals surface area contributed by atoms with Crippen LogP contribution >= 0.6 is 0 Å². The monoisotopic (exact) mass is 246 g/mol. The molecule has 0 spiro atoms. The topological polar surface area (TPSA) is 64.7 Å². The molecule has 0 atom stereocenters. The number of nitrogens with zero attached hydrogens (tertiary/aromatic N) is 2. The lowest BCUT2D eigenvalue weighted by Crippen LogP contribution is -2.17. The lowest BCUT2D eigenvalue weighted by atomic mass is 10.1. The molecule has 1 heterocycles. The van der Waals surface area contributed by atoms with Crippen LogP contribution in [0.15, 0.2) is 35.3 Å². The first-order chi connectivity index (χ1) is 8.46. The van der Waals surface area contributed by atoms with Gasteiger partial charge in [-0.3, -0.25) is 10.1 Å². The second-order valence-electron chi connectivity index (χ2n) is 4.74. The van der Waals surface area contributed by atoms with E-state index in [2.05, 4.69) is 4.99 Å². The molecule has 1 aromatic carbocycles. The van der Waals surface area contributed by atoms with Crippen molar-refractivity contribution in [3.8, 4) is 0 Å². The minimum atomic E-state index is -0.413. The van der Waals surface area contributed by atoms with E-state index in [1.165, 1.54) is 12.1 Å². The number of aliphatic imine (C=N–C) groups is 1. The van der Waals surface area contributed by atoms with Crippen molar-refractivity contribution >= 4 is 17.7 Å². The molecule has 18 heavy (non-hydrogen) atoms. The number of rotatable bonds is 3. The average Bonchev–Trinajstić information content (AvgIpc) is 2.67. The molecule has 1 aromatic rings. The maximum Gasteiger partial charge on any atom is 0.270 e. The van der Waals surface area contributed by atoms with E-state index in [4.69, 9.17) is 4.74 Å². The first kappa shape index (κ1) is 12.3. The maximum atomic E-state index is 10.6. The van der Waals surface area contributed by atoms with Crippen LogP contribution in [0, 0.1) is 10.1 Å². The molecule has 1 aliphatic rings. The molecule has 0 N–H and O–H groups in total. The van der Waals surface area contributed by atoms with E-state index in [0.717, 1.165) is 5.56 Å². The van der Waals surface area contributed by atoms with Crippen LogP contribution in [0.5, 0.6) is 0 Å². The van der Waals surface area contributed by atoms with Gasteiger partial charge in [-0.1, -0.05) is 12.1 Å². The summed E-state index contributed by atoms with van der Waals surface area (Å²) in [7, 11) is 0. The van der Waals surface area contributed by atoms with Crippen molar-refractivity contribution in [3.05, 3.63) is 46.0 Å². The van der Waals surface area contributed by atoms with E-state index in [-0.39, 0.29) is 11.2 Å². The second kappa shape index (κ2) is 4.60. The SMILES string of the molecule is CC1(C)COC(/C=C/c2cccc([N+](=O)[O-])c2)=N1. The van der Waals surface area contributed by atoms with Crippen LogP contribution in [-0.2, 0) is 4.74 Å². The summed E-state index contributed by atoms with van der Waals surface area (Å²) >= 11 is 0. The van der Waals surface area contributed by atoms with Crippen molar-refractivity contribution in [2.45, 2.75) is 19.4 Å². The summed E-state index contributed by atoms with van der Waals surface area (Å²) in [5, 5.41) is 10.6. The van der Waals surface area contributed by atoms with Gasteiger partial charge in [0.05, 0.1) is 10.5 Å². The number of non-ortho nitro benzene ring substituents is 1. The van der Waals surface area contributed by atoms with Crippen LogP contribution in [0.25, 0.3) is 6.08 Å². The van der Waals surface area contributed by atoms with Crippen molar-refractivity contribution in [2.24, 2.45) is 4.99 Å². The Morgan fingerprint density at radius 1 is 1.44 bits per heavy atom. The molecule has 0 aromatic heterocycles. The van der Waals surface area contributed by atoms with Crippen molar-refractivity contribution in [1.29, 1.82) is 0 Å². The van der Waals surface area contributed by atoms with Crippen LogP contribution in [0.1, 0.15) is 19.4 Å². The van der Waals surface area contributed by atoms with Crippen molar-refractivity contribution < 1.29 is 9.66 Å². The molecule has 94 valence electrons. The average molecular weight is 246 g/mol. The van der Waals surface area contributed by atoms with E-state index in [1.807, 2.05) is 13.8 Å². The minimum Gasteiger partial charge on any atom is -0.475 e. The summed E-state index contributed by atoms with van der Waals surface area (Å²) in [5.41, 5.74) is 0.634. The van der Waals surface area contributed by atoms with Crippen LogP contribution in [0.2, 0.25) is 0 Å². The van der Waals surface area contributed by atoms with E-state index in [1.54, 1.807) is 24.3 Å². The number of hydrogen-bond donors (Lipinski definition) is 0. The highest BCUT2D eigenvalue weighted by Gasteiger charge is 2.24. The Kier molecular flexibility index (Phi) is 3.14. The maximum absolute atomic E-state index is 10.6. The molecule has 0 radical (unpaired) electrons. The van der Waals surface area contributed by atoms with E-state index >= 15 is 0 Å². The second-order valence-corrected chi connectivity index (χ2v) is 4.74. The van der Waals surface area contributed by atoms with E-state index in [9.17, 15) is 10.1 Å². The molecular formula is C13H14N2O3. The van der Waals surface area contributed by atoms with Gasteiger partial charge in [-0.2, -0.15) is 0 Å². The third-order valence-electron chi connectivity index (χ3n) is 2.49. The molecule has 2 rings (SSSR count). The molecule has 1 aliphatic heterocycles. The third-order valence-corrected chi connectivity index (χ3v) is 2.49. The Morgan fingerprint density at radius 3 is 2.83 bits per heavy atom. The molecule has 5 heteroatoms. The molecule has 0 saturated carbocycles. The number of nitro benzene ring substituents is 1. The predicted octanol–water partition coefficient (Wildman–Crippen LogP) is 2.82. The Bertz CT molecular complexity index is 533. The zero-order chi connectivity index (χ0) is 13.2. The van der Waals surface area contributed by atoms with Gasteiger partial charge >= 0.3 is 0 Å².